The maximum absolute atomic E-state index is 9.70. The van der Waals surface area contributed by atoms with Crippen LogP contribution < -0.4 is 40.1 Å². The Balaban J connectivity index is 0.00000289. The van der Waals surface area contributed by atoms with Gasteiger partial charge in [0.2, 0.25) is 0 Å². The number of anilines is 1. The van der Waals surface area contributed by atoms with E-state index in [9.17, 15) is 5.26 Å². The molecular formula is C10H11BrNNaO3S2. The molecule has 1 aromatic rings. The fourth-order valence-corrected chi connectivity index (χ4v) is 2.51. The van der Waals surface area contributed by atoms with Gasteiger partial charge in [-0.05, 0) is 30.7 Å². The molecule has 1 aromatic carbocycles. The van der Waals surface area contributed by atoms with Crippen LogP contribution >= 0.6 is 40.2 Å². The van der Waals surface area contributed by atoms with Crippen molar-refractivity contribution in [3.63, 3.8) is 0 Å². The van der Waals surface area contributed by atoms with E-state index >= 15 is 0 Å². The van der Waals surface area contributed by atoms with Gasteiger partial charge >= 0.3 is 29.6 Å². The second kappa shape index (κ2) is 10.6. The summed E-state index contributed by atoms with van der Waals surface area (Å²) in [6, 6.07) is 5.57. The van der Waals surface area contributed by atoms with Gasteiger partial charge in [-0.1, -0.05) is 28.1 Å². The van der Waals surface area contributed by atoms with Gasteiger partial charge in [0.05, 0.1) is 17.0 Å². The third-order valence-corrected chi connectivity index (χ3v) is 3.22. The first-order chi connectivity index (χ1) is 8.17. The van der Waals surface area contributed by atoms with E-state index in [1.54, 1.807) is 0 Å². The van der Waals surface area contributed by atoms with Crippen molar-refractivity contribution in [2.24, 2.45) is 0 Å². The Morgan fingerprint density at radius 2 is 2.28 bits per heavy atom. The average Bonchev–Trinajstić information content (AvgIpc) is 2.30. The Morgan fingerprint density at radius 3 is 2.83 bits per heavy atom. The number of hydrogen-bond acceptors (Lipinski definition) is 5. The minimum Gasteiger partial charge on any atom is -0.691 e. The van der Waals surface area contributed by atoms with Crippen molar-refractivity contribution < 1.29 is 44.2 Å². The molecule has 0 unspecified atom stereocenters. The van der Waals surface area contributed by atoms with Crippen LogP contribution in [0.1, 0.15) is 12.0 Å². The van der Waals surface area contributed by atoms with Crippen LogP contribution in [0.2, 0.25) is 0 Å². The monoisotopic (exact) mass is 359 g/mol. The molecular weight excluding hydrogens is 349 g/mol. The third-order valence-electron chi connectivity index (χ3n) is 1.95. The van der Waals surface area contributed by atoms with Crippen molar-refractivity contribution in [2.45, 2.75) is 18.2 Å². The van der Waals surface area contributed by atoms with Crippen LogP contribution in [0.4, 0.5) is 5.69 Å². The topological polar surface area (TPSA) is 53.5 Å². The molecule has 0 aromatic heterocycles. The third kappa shape index (κ3) is 6.83. The normalized spacial score (nSPS) is 9.72. The van der Waals surface area contributed by atoms with E-state index in [-0.39, 0.29) is 29.6 Å². The summed E-state index contributed by atoms with van der Waals surface area (Å²) < 4.78 is 4.24. The molecule has 0 heterocycles. The molecule has 0 saturated heterocycles. The molecule has 0 aliphatic heterocycles. The standard InChI is InChI=1S/C10H12BrNO3S2.Na/c1-7-6-8(17-15-14-13)2-3-9(7)12-10(16)4-5-11;/h2-3,6,13H,4-5H2,1H3,(H,12,16);/q;+1/p-1. The van der Waals surface area contributed by atoms with Gasteiger partial charge < -0.3 is 10.6 Å². The summed E-state index contributed by atoms with van der Waals surface area (Å²) in [5, 5.41) is 17.0. The molecule has 94 valence electrons. The van der Waals surface area contributed by atoms with Crippen molar-refractivity contribution in [1.82, 2.24) is 0 Å². The summed E-state index contributed by atoms with van der Waals surface area (Å²) in [6.45, 7) is 1.95. The molecule has 0 aliphatic rings. The summed E-state index contributed by atoms with van der Waals surface area (Å²) >= 11 is 9.37. The molecule has 0 spiro atoms. The molecule has 0 bridgehead atoms. The number of benzene rings is 1. The molecule has 4 nitrogen and oxygen atoms in total. The van der Waals surface area contributed by atoms with Crippen molar-refractivity contribution >= 4 is 50.9 Å². The van der Waals surface area contributed by atoms with E-state index in [1.165, 1.54) is 0 Å². The molecule has 0 saturated carbocycles. The maximum Gasteiger partial charge on any atom is 1.00 e. The minimum absolute atomic E-state index is 0. The Morgan fingerprint density at radius 1 is 1.56 bits per heavy atom. The quantitative estimate of drug-likeness (QED) is 0.189. The number of alkyl halides is 1. The van der Waals surface area contributed by atoms with Gasteiger partial charge in [0.1, 0.15) is 0 Å². The summed E-state index contributed by atoms with van der Waals surface area (Å²) in [4.78, 5) is 1.57. The van der Waals surface area contributed by atoms with E-state index in [4.69, 9.17) is 12.2 Å². The summed E-state index contributed by atoms with van der Waals surface area (Å²) in [5.74, 6) is 0. The Hall–Kier alpha value is 0.820. The van der Waals surface area contributed by atoms with E-state index in [0.29, 0.717) is 0 Å². The zero-order chi connectivity index (χ0) is 12.7. The maximum atomic E-state index is 9.70. The van der Waals surface area contributed by atoms with Gasteiger partial charge in [-0.3, -0.25) is 5.04 Å². The van der Waals surface area contributed by atoms with Crippen LogP contribution in [0, 0.1) is 6.92 Å². The number of aryl methyl sites for hydroxylation is 1. The Labute approximate surface area is 146 Å². The van der Waals surface area contributed by atoms with Crippen LogP contribution in [0.5, 0.6) is 0 Å². The van der Waals surface area contributed by atoms with Gasteiger partial charge in [0, 0.05) is 22.3 Å². The summed E-state index contributed by atoms with van der Waals surface area (Å²) in [7, 11) is 0. The SMILES string of the molecule is Cc1cc(SOO[O-])ccc1NC(=S)CCBr.[Na+]. The zero-order valence-corrected chi connectivity index (χ0v) is 15.3. The first-order valence-electron chi connectivity index (χ1n) is 4.77. The van der Waals surface area contributed by atoms with Gasteiger partial charge in [-0.15, -0.1) is 0 Å². The molecule has 0 amide bonds. The van der Waals surface area contributed by atoms with Gasteiger partial charge in [0.15, 0.2) is 0 Å². The molecule has 0 radical (unpaired) electrons. The van der Waals surface area contributed by atoms with Crippen LogP contribution in [-0.2, 0) is 9.37 Å². The number of halogens is 1. The Bertz CT molecular complexity index is 395. The van der Waals surface area contributed by atoms with Gasteiger partial charge in [-0.25, -0.2) is 0 Å². The van der Waals surface area contributed by atoms with Gasteiger partial charge in [0.25, 0.3) is 0 Å². The minimum atomic E-state index is 0. The van der Waals surface area contributed by atoms with Crippen molar-refractivity contribution in [3.05, 3.63) is 23.8 Å². The summed E-state index contributed by atoms with van der Waals surface area (Å²) in [6.07, 6.45) is 0.790. The number of rotatable bonds is 6. The second-order valence-electron chi connectivity index (χ2n) is 3.18. The molecule has 0 aliphatic carbocycles. The number of thiocarbonyl (C=S) groups is 1. The van der Waals surface area contributed by atoms with Crippen molar-refractivity contribution in [2.75, 3.05) is 10.6 Å². The van der Waals surface area contributed by atoms with Crippen LogP contribution in [0.3, 0.4) is 0 Å². The van der Waals surface area contributed by atoms with E-state index in [0.717, 1.165) is 44.9 Å². The first kappa shape index (κ1) is 18.8. The van der Waals surface area contributed by atoms with Crippen molar-refractivity contribution in [3.8, 4) is 0 Å². The fraction of sp³-hybridized carbons (Fsp3) is 0.300. The average molecular weight is 360 g/mol. The first-order valence-corrected chi connectivity index (χ1v) is 7.04. The zero-order valence-electron chi connectivity index (χ0n) is 10.1. The van der Waals surface area contributed by atoms with E-state index < -0.39 is 0 Å². The second-order valence-corrected chi connectivity index (χ2v) is 5.24. The smallest absolute Gasteiger partial charge is 0.691 e. The summed E-state index contributed by atoms with van der Waals surface area (Å²) in [5.41, 5.74) is 1.96. The molecule has 0 atom stereocenters. The fourth-order valence-electron chi connectivity index (χ4n) is 1.18. The van der Waals surface area contributed by atoms with E-state index in [1.807, 2.05) is 25.1 Å². The predicted molar refractivity (Wildman–Crippen MR) is 73.8 cm³/mol. The van der Waals surface area contributed by atoms with Gasteiger partial charge in [-0.2, -0.15) is 4.33 Å². The predicted octanol–water partition coefficient (Wildman–Crippen LogP) is -0.246. The molecule has 0 fully saturated rings. The van der Waals surface area contributed by atoms with Crippen LogP contribution in [0.25, 0.3) is 0 Å². The van der Waals surface area contributed by atoms with Crippen LogP contribution in [0.15, 0.2) is 23.1 Å². The van der Waals surface area contributed by atoms with E-state index in [2.05, 4.69) is 30.6 Å². The number of nitrogens with one attached hydrogen (secondary N) is 1. The molecule has 8 heteroatoms. The van der Waals surface area contributed by atoms with Crippen LogP contribution in [-0.4, -0.2) is 10.3 Å². The van der Waals surface area contributed by atoms with Crippen molar-refractivity contribution in [1.29, 1.82) is 0 Å². The number of hydrogen-bond donors (Lipinski definition) is 1. The largest absolute Gasteiger partial charge is 1.00 e. The molecule has 18 heavy (non-hydrogen) atoms. The Kier molecular flexibility index (Phi) is 11.1. The molecule has 1 rings (SSSR count). The molecule has 1 N–H and O–H groups in total.